The molecule has 0 amide bonds. The Morgan fingerprint density at radius 3 is 2.76 bits per heavy atom. The number of rotatable bonds is 4. The Hall–Kier alpha value is -3.21. The molecule has 0 aliphatic rings. The molecule has 0 spiro atoms. The number of anilines is 1. The Bertz CT molecular complexity index is 754. The predicted molar refractivity (Wildman–Crippen MR) is 77.8 cm³/mol. The zero-order chi connectivity index (χ0) is 15.4. The van der Waals surface area contributed by atoms with Gasteiger partial charge in [-0.05, 0) is 24.6 Å². The van der Waals surface area contributed by atoms with E-state index in [9.17, 15) is 0 Å². The number of amidine groups is 1. The van der Waals surface area contributed by atoms with Gasteiger partial charge in [0.2, 0.25) is 17.5 Å². The molecule has 2 rings (SSSR count). The topological polar surface area (TPSA) is 137 Å². The largest absolute Gasteiger partial charge is 0.421 e. The van der Waals surface area contributed by atoms with Crippen LogP contribution in [-0.2, 0) is 0 Å². The molecule has 0 aliphatic carbocycles. The maximum absolute atomic E-state index is 8.80. The van der Waals surface area contributed by atoms with Crippen LogP contribution < -0.4 is 11.2 Å². The molecule has 21 heavy (non-hydrogen) atoms. The number of nitriles is 1. The van der Waals surface area contributed by atoms with E-state index in [4.69, 9.17) is 20.8 Å². The van der Waals surface area contributed by atoms with E-state index in [1.165, 1.54) is 0 Å². The number of nitrogens with zero attached hydrogens (tertiary/aromatic N) is 4. The highest BCUT2D eigenvalue weighted by Crippen LogP contribution is 2.24. The number of hydrogen-bond acceptors (Lipinski definition) is 7. The fourth-order valence-corrected chi connectivity index (χ4v) is 1.55. The van der Waals surface area contributed by atoms with Crippen LogP contribution in [0.5, 0.6) is 0 Å². The molecule has 0 fully saturated rings. The predicted octanol–water partition coefficient (Wildman–Crippen LogP) is 1.58. The lowest BCUT2D eigenvalue weighted by Crippen LogP contribution is -2.21. The summed E-state index contributed by atoms with van der Waals surface area (Å²) in [4.78, 5) is 0. The van der Waals surface area contributed by atoms with Crippen LogP contribution >= 0.6 is 0 Å². The van der Waals surface area contributed by atoms with Gasteiger partial charge < -0.3 is 10.2 Å². The molecule has 0 radical (unpaired) electrons. The van der Waals surface area contributed by atoms with Crippen molar-refractivity contribution in [2.24, 2.45) is 10.8 Å². The molecule has 0 saturated carbocycles. The molecule has 1 heterocycles. The normalized spacial score (nSPS) is 11.0. The minimum atomic E-state index is -0.397. The summed E-state index contributed by atoms with van der Waals surface area (Å²) in [7, 11) is 0. The summed E-state index contributed by atoms with van der Waals surface area (Å²) in [6.07, 6.45) is 0. The zero-order valence-electron chi connectivity index (χ0n) is 11.5. The Kier molecular flexibility index (Phi) is 3.95. The molecule has 1 aromatic heterocycles. The third kappa shape index (κ3) is 3.22. The standard InChI is InChI=1S/C13H13N7O/c1-7-3-4-9(13-20-17-8(2)21-13)5-10(7)18-19-11(6-14)12(15)16/h3-5,18H,1-2H3,(H3,15,16)/b19-11+. The van der Waals surface area contributed by atoms with E-state index in [-0.39, 0.29) is 5.71 Å². The summed E-state index contributed by atoms with van der Waals surface area (Å²) in [5, 5.41) is 27.5. The summed E-state index contributed by atoms with van der Waals surface area (Å²) in [6.45, 7) is 3.58. The first-order valence-electron chi connectivity index (χ1n) is 6.00. The van der Waals surface area contributed by atoms with E-state index < -0.39 is 5.84 Å². The highest BCUT2D eigenvalue weighted by molar-refractivity contribution is 6.45. The zero-order valence-corrected chi connectivity index (χ0v) is 11.5. The molecule has 0 saturated heterocycles. The summed E-state index contributed by atoms with van der Waals surface area (Å²) >= 11 is 0. The van der Waals surface area contributed by atoms with Crippen molar-refractivity contribution in [2.45, 2.75) is 13.8 Å². The lowest BCUT2D eigenvalue weighted by molar-refractivity contribution is 0.533. The molecule has 106 valence electrons. The lowest BCUT2D eigenvalue weighted by Gasteiger charge is -2.06. The molecular weight excluding hydrogens is 270 g/mol. The van der Waals surface area contributed by atoms with E-state index in [2.05, 4.69) is 20.7 Å². The van der Waals surface area contributed by atoms with Crippen molar-refractivity contribution in [1.82, 2.24) is 10.2 Å². The molecule has 0 aliphatic heterocycles. The average molecular weight is 283 g/mol. The number of aryl methyl sites for hydroxylation is 2. The summed E-state index contributed by atoms with van der Waals surface area (Å²) in [6, 6.07) is 7.20. The fourth-order valence-electron chi connectivity index (χ4n) is 1.55. The van der Waals surface area contributed by atoms with Crippen LogP contribution in [0, 0.1) is 30.6 Å². The van der Waals surface area contributed by atoms with E-state index in [1.807, 2.05) is 19.1 Å². The number of nitrogens with one attached hydrogen (secondary N) is 2. The van der Waals surface area contributed by atoms with Crippen LogP contribution in [0.4, 0.5) is 5.69 Å². The van der Waals surface area contributed by atoms with Gasteiger partial charge in [0.05, 0.1) is 5.69 Å². The maximum atomic E-state index is 8.80. The van der Waals surface area contributed by atoms with Crippen molar-refractivity contribution in [1.29, 1.82) is 10.7 Å². The van der Waals surface area contributed by atoms with Gasteiger partial charge in [0.15, 0.2) is 5.84 Å². The van der Waals surface area contributed by atoms with Crippen LogP contribution in [0.15, 0.2) is 27.7 Å². The molecule has 4 N–H and O–H groups in total. The van der Waals surface area contributed by atoms with Crippen LogP contribution in [0.25, 0.3) is 11.5 Å². The van der Waals surface area contributed by atoms with Crippen LogP contribution in [-0.4, -0.2) is 21.7 Å². The van der Waals surface area contributed by atoms with Crippen molar-refractivity contribution < 1.29 is 4.42 Å². The minimum Gasteiger partial charge on any atom is -0.421 e. The molecule has 0 atom stereocenters. The number of benzene rings is 1. The minimum absolute atomic E-state index is 0.187. The molecular formula is C13H13N7O. The van der Waals surface area contributed by atoms with E-state index >= 15 is 0 Å². The number of hydrazone groups is 1. The molecule has 2 aromatic rings. The first-order valence-corrected chi connectivity index (χ1v) is 6.00. The van der Waals surface area contributed by atoms with Crippen molar-refractivity contribution in [3.05, 3.63) is 29.7 Å². The van der Waals surface area contributed by atoms with Gasteiger partial charge in [-0.15, -0.1) is 10.2 Å². The summed E-state index contributed by atoms with van der Waals surface area (Å²) in [5.74, 6) is 0.472. The lowest BCUT2D eigenvalue weighted by atomic mass is 10.1. The van der Waals surface area contributed by atoms with Crippen molar-refractivity contribution in [3.8, 4) is 17.5 Å². The van der Waals surface area contributed by atoms with Crippen LogP contribution in [0.2, 0.25) is 0 Å². The quantitative estimate of drug-likeness (QED) is 0.442. The Balaban J connectivity index is 2.32. The van der Waals surface area contributed by atoms with Gasteiger partial charge in [-0.2, -0.15) is 10.4 Å². The fraction of sp³-hybridized carbons (Fsp3) is 0.154. The Morgan fingerprint density at radius 1 is 1.43 bits per heavy atom. The van der Waals surface area contributed by atoms with Gasteiger partial charge in [-0.25, -0.2) is 0 Å². The van der Waals surface area contributed by atoms with Crippen molar-refractivity contribution >= 4 is 17.2 Å². The van der Waals surface area contributed by atoms with Crippen molar-refractivity contribution in [3.63, 3.8) is 0 Å². The third-order valence-corrected chi connectivity index (χ3v) is 2.66. The second kappa shape index (κ2) is 5.83. The molecule has 0 bridgehead atoms. The van der Waals surface area contributed by atoms with E-state index in [1.54, 1.807) is 19.1 Å². The van der Waals surface area contributed by atoms with Crippen LogP contribution in [0.1, 0.15) is 11.5 Å². The first kappa shape index (κ1) is 14.2. The molecule has 1 aromatic carbocycles. The van der Waals surface area contributed by atoms with Gasteiger partial charge in [-0.1, -0.05) is 6.07 Å². The second-order valence-corrected chi connectivity index (χ2v) is 4.25. The monoisotopic (exact) mass is 283 g/mol. The van der Waals surface area contributed by atoms with Gasteiger partial charge in [0.25, 0.3) is 0 Å². The van der Waals surface area contributed by atoms with Crippen LogP contribution in [0.3, 0.4) is 0 Å². The van der Waals surface area contributed by atoms with Gasteiger partial charge in [0, 0.05) is 12.5 Å². The van der Waals surface area contributed by atoms with E-state index in [0.717, 1.165) is 11.1 Å². The Labute approximate surface area is 120 Å². The molecule has 0 unspecified atom stereocenters. The van der Waals surface area contributed by atoms with Crippen molar-refractivity contribution in [2.75, 3.05) is 5.43 Å². The SMILES string of the molecule is Cc1nnc(-c2ccc(C)c(N/N=C(\C#N)C(=N)N)c2)o1. The smallest absolute Gasteiger partial charge is 0.247 e. The second-order valence-electron chi connectivity index (χ2n) is 4.25. The highest BCUT2D eigenvalue weighted by Gasteiger charge is 2.09. The molecule has 8 heteroatoms. The van der Waals surface area contributed by atoms with Gasteiger partial charge >= 0.3 is 0 Å². The summed E-state index contributed by atoms with van der Waals surface area (Å²) in [5.41, 5.74) is 10.0. The first-order chi connectivity index (χ1) is 10.0. The third-order valence-electron chi connectivity index (χ3n) is 2.66. The molecule has 8 nitrogen and oxygen atoms in total. The highest BCUT2D eigenvalue weighted by atomic mass is 16.4. The van der Waals surface area contributed by atoms with E-state index in [0.29, 0.717) is 17.5 Å². The van der Waals surface area contributed by atoms with Gasteiger partial charge in [0.1, 0.15) is 6.07 Å². The Morgan fingerprint density at radius 2 is 2.19 bits per heavy atom. The summed E-state index contributed by atoms with van der Waals surface area (Å²) < 4.78 is 5.36. The maximum Gasteiger partial charge on any atom is 0.247 e. The number of hydrogen-bond donors (Lipinski definition) is 3. The number of aromatic nitrogens is 2. The van der Waals surface area contributed by atoms with Gasteiger partial charge in [-0.3, -0.25) is 10.8 Å². The number of nitrogens with two attached hydrogens (primary N) is 1. The average Bonchev–Trinajstić information content (AvgIpc) is 2.87.